The first-order valence-electron chi connectivity index (χ1n) is 4.82. The van der Waals surface area contributed by atoms with Gasteiger partial charge in [0.2, 0.25) is 0 Å². The zero-order chi connectivity index (χ0) is 8.69. The second-order valence-corrected chi connectivity index (χ2v) is 3.44. The molecule has 0 aromatic carbocycles. The van der Waals surface area contributed by atoms with Gasteiger partial charge in [-0.15, -0.1) is 0 Å². The molecule has 0 aliphatic heterocycles. The molecule has 2 atom stereocenters. The fraction of sp³-hybridized carbons (Fsp3) is 1.00. The van der Waals surface area contributed by atoms with Gasteiger partial charge in [0.25, 0.3) is 0 Å². The molecular formula is C10H21F. The Hall–Kier alpha value is -0.0700. The SMILES string of the molecule is CCCCC(CC)C(C)CF. The fourth-order valence-corrected chi connectivity index (χ4v) is 1.48. The highest BCUT2D eigenvalue weighted by atomic mass is 19.1. The van der Waals surface area contributed by atoms with Crippen molar-refractivity contribution in [2.24, 2.45) is 11.8 Å². The quantitative estimate of drug-likeness (QED) is 0.554. The molecule has 0 fully saturated rings. The molecule has 0 bridgehead atoms. The fourth-order valence-electron chi connectivity index (χ4n) is 1.48. The Labute approximate surface area is 70.2 Å². The monoisotopic (exact) mass is 160 g/mol. The second kappa shape index (κ2) is 6.63. The second-order valence-electron chi connectivity index (χ2n) is 3.44. The standard InChI is InChI=1S/C10H21F/c1-4-6-7-10(5-2)9(3)8-11/h9-10H,4-8H2,1-3H3. The van der Waals surface area contributed by atoms with E-state index in [4.69, 9.17) is 0 Å². The molecule has 0 saturated carbocycles. The molecule has 11 heavy (non-hydrogen) atoms. The summed E-state index contributed by atoms with van der Waals surface area (Å²) in [7, 11) is 0. The summed E-state index contributed by atoms with van der Waals surface area (Å²) in [6.45, 7) is 6.21. The molecule has 0 heterocycles. The van der Waals surface area contributed by atoms with Crippen molar-refractivity contribution in [2.45, 2.75) is 46.5 Å². The first-order chi connectivity index (χ1) is 5.26. The number of halogens is 1. The molecule has 0 spiro atoms. The van der Waals surface area contributed by atoms with Crippen molar-refractivity contribution >= 4 is 0 Å². The van der Waals surface area contributed by atoms with Gasteiger partial charge in [0.15, 0.2) is 0 Å². The molecule has 0 rings (SSSR count). The number of unbranched alkanes of at least 4 members (excludes halogenated alkanes) is 1. The number of alkyl halides is 1. The summed E-state index contributed by atoms with van der Waals surface area (Å²) in [5.41, 5.74) is 0. The van der Waals surface area contributed by atoms with Gasteiger partial charge in [-0.1, -0.05) is 46.5 Å². The Morgan fingerprint density at radius 3 is 2.27 bits per heavy atom. The molecule has 0 radical (unpaired) electrons. The van der Waals surface area contributed by atoms with E-state index in [1.807, 2.05) is 6.92 Å². The van der Waals surface area contributed by atoms with E-state index in [-0.39, 0.29) is 12.6 Å². The van der Waals surface area contributed by atoms with Crippen molar-refractivity contribution < 1.29 is 4.39 Å². The Morgan fingerprint density at radius 2 is 1.91 bits per heavy atom. The third-order valence-electron chi connectivity index (χ3n) is 2.50. The largest absolute Gasteiger partial charge is 0.251 e. The first-order valence-corrected chi connectivity index (χ1v) is 4.82. The van der Waals surface area contributed by atoms with Crippen LogP contribution in [0.1, 0.15) is 46.5 Å². The number of hydrogen-bond donors (Lipinski definition) is 0. The molecule has 1 heteroatoms. The lowest BCUT2D eigenvalue weighted by molar-refractivity contribution is 0.256. The van der Waals surface area contributed by atoms with Gasteiger partial charge in [-0.3, -0.25) is 4.39 Å². The minimum Gasteiger partial charge on any atom is -0.251 e. The van der Waals surface area contributed by atoms with Gasteiger partial charge >= 0.3 is 0 Å². The van der Waals surface area contributed by atoms with Crippen LogP contribution in [0.15, 0.2) is 0 Å². The van der Waals surface area contributed by atoms with Crippen LogP contribution >= 0.6 is 0 Å². The van der Waals surface area contributed by atoms with Gasteiger partial charge in [0.1, 0.15) is 0 Å². The third kappa shape index (κ3) is 4.39. The average Bonchev–Trinajstić information content (AvgIpc) is 2.05. The molecule has 0 N–H and O–H groups in total. The summed E-state index contributed by atoms with van der Waals surface area (Å²) in [6.07, 6.45) is 4.82. The summed E-state index contributed by atoms with van der Waals surface area (Å²) < 4.78 is 12.3. The highest BCUT2D eigenvalue weighted by molar-refractivity contribution is 4.63. The van der Waals surface area contributed by atoms with Crippen LogP contribution in [0.3, 0.4) is 0 Å². The molecule has 0 aliphatic carbocycles. The summed E-state index contributed by atoms with van der Waals surface area (Å²) in [5.74, 6) is 0.881. The van der Waals surface area contributed by atoms with E-state index in [9.17, 15) is 4.39 Å². The predicted molar refractivity (Wildman–Crippen MR) is 48.4 cm³/mol. The van der Waals surface area contributed by atoms with Crippen molar-refractivity contribution in [2.75, 3.05) is 6.67 Å². The third-order valence-corrected chi connectivity index (χ3v) is 2.50. The predicted octanol–water partition coefficient (Wildman–Crippen LogP) is 3.81. The van der Waals surface area contributed by atoms with Crippen LogP contribution in [-0.2, 0) is 0 Å². The maximum atomic E-state index is 12.3. The van der Waals surface area contributed by atoms with E-state index >= 15 is 0 Å². The molecular weight excluding hydrogens is 139 g/mol. The average molecular weight is 160 g/mol. The van der Waals surface area contributed by atoms with Gasteiger partial charge < -0.3 is 0 Å². The highest BCUT2D eigenvalue weighted by Crippen LogP contribution is 2.21. The molecule has 0 aromatic rings. The zero-order valence-electron chi connectivity index (χ0n) is 8.07. The molecule has 0 amide bonds. The molecule has 0 saturated heterocycles. The maximum Gasteiger partial charge on any atom is 0.0922 e. The van der Waals surface area contributed by atoms with Crippen LogP contribution in [0.5, 0.6) is 0 Å². The minimum atomic E-state index is -0.151. The number of hydrogen-bond acceptors (Lipinski definition) is 0. The van der Waals surface area contributed by atoms with Crippen molar-refractivity contribution in [3.8, 4) is 0 Å². The lowest BCUT2D eigenvalue weighted by Crippen LogP contribution is -2.12. The van der Waals surface area contributed by atoms with E-state index in [0.29, 0.717) is 5.92 Å². The lowest BCUT2D eigenvalue weighted by atomic mass is 9.88. The van der Waals surface area contributed by atoms with E-state index < -0.39 is 0 Å². The van der Waals surface area contributed by atoms with Gasteiger partial charge in [0.05, 0.1) is 6.67 Å². The Bertz CT molecular complexity index is 80.9. The zero-order valence-corrected chi connectivity index (χ0v) is 8.07. The minimum absolute atomic E-state index is 0.151. The highest BCUT2D eigenvalue weighted by Gasteiger charge is 2.13. The lowest BCUT2D eigenvalue weighted by Gasteiger charge is -2.19. The van der Waals surface area contributed by atoms with Crippen molar-refractivity contribution in [3.05, 3.63) is 0 Å². The summed E-state index contributed by atoms with van der Waals surface area (Å²) in [4.78, 5) is 0. The van der Waals surface area contributed by atoms with Gasteiger partial charge in [-0.25, -0.2) is 0 Å². The van der Waals surface area contributed by atoms with E-state index in [0.717, 1.165) is 6.42 Å². The summed E-state index contributed by atoms with van der Waals surface area (Å²) in [6, 6.07) is 0. The first kappa shape index (κ1) is 10.9. The normalized spacial score (nSPS) is 16.4. The van der Waals surface area contributed by atoms with Crippen LogP contribution in [0, 0.1) is 11.8 Å². The van der Waals surface area contributed by atoms with Crippen molar-refractivity contribution in [3.63, 3.8) is 0 Å². The van der Waals surface area contributed by atoms with Gasteiger partial charge in [-0.05, 0) is 11.8 Å². The summed E-state index contributed by atoms with van der Waals surface area (Å²) in [5, 5.41) is 0. The molecule has 68 valence electrons. The smallest absolute Gasteiger partial charge is 0.0922 e. The van der Waals surface area contributed by atoms with Crippen LogP contribution < -0.4 is 0 Å². The van der Waals surface area contributed by atoms with E-state index in [1.54, 1.807) is 0 Å². The maximum absolute atomic E-state index is 12.3. The van der Waals surface area contributed by atoms with Gasteiger partial charge in [0, 0.05) is 0 Å². The Kier molecular flexibility index (Phi) is 6.59. The molecule has 0 aliphatic rings. The molecule has 0 nitrogen and oxygen atoms in total. The van der Waals surface area contributed by atoms with Crippen LogP contribution in [0.2, 0.25) is 0 Å². The molecule has 2 unspecified atom stereocenters. The number of rotatable bonds is 6. The van der Waals surface area contributed by atoms with Crippen LogP contribution in [0.25, 0.3) is 0 Å². The topological polar surface area (TPSA) is 0 Å². The van der Waals surface area contributed by atoms with Crippen LogP contribution in [0.4, 0.5) is 4.39 Å². The van der Waals surface area contributed by atoms with E-state index in [2.05, 4.69) is 13.8 Å². The summed E-state index contributed by atoms with van der Waals surface area (Å²) >= 11 is 0. The van der Waals surface area contributed by atoms with Crippen molar-refractivity contribution in [1.82, 2.24) is 0 Å². The van der Waals surface area contributed by atoms with E-state index in [1.165, 1.54) is 19.3 Å². The van der Waals surface area contributed by atoms with Gasteiger partial charge in [-0.2, -0.15) is 0 Å². The Balaban J connectivity index is 3.56. The van der Waals surface area contributed by atoms with Crippen LogP contribution in [-0.4, -0.2) is 6.67 Å². The molecule has 0 aromatic heterocycles. The van der Waals surface area contributed by atoms with Crippen molar-refractivity contribution in [1.29, 1.82) is 0 Å². The Morgan fingerprint density at radius 1 is 1.27 bits per heavy atom.